The van der Waals surface area contributed by atoms with Gasteiger partial charge in [-0.05, 0) is 16.7 Å². The van der Waals surface area contributed by atoms with Crippen molar-refractivity contribution in [2.24, 2.45) is 0 Å². The second kappa shape index (κ2) is 12.8. The maximum atomic E-state index is 12.8. The van der Waals surface area contributed by atoms with Crippen LogP contribution >= 0.6 is 0 Å². The van der Waals surface area contributed by atoms with Crippen molar-refractivity contribution in [2.45, 2.75) is 31.9 Å². The smallest absolute Gasteiger partial charge is 0.408 e. The number of carbonyl (C=O) groups excluding carboxylic acids is 3. The molecule has 34 heavy (non-hydrogen) atoms. The van der Waals surface area contributed by atoms with Gasteiger partial charge in [0.1, 0.15) is 19.3 Å². The molecule has 2 amide bonds. The van der Waals surface area contributed by atoms with E-state index in [2.05, 4.69) is 10.6 Å². The van der Waals surface area contributed by atoms with Gasteiger partial charge in [0.2, 0.25) is 12.1 Å². The van der Waals surface area contributed by atoms with E-state index in [4.69, 9.17) is 9.47 Å². The number of esters is 1. The number of aliphatic hydroxyl groups is 1. The number of hydrogen-bond acceptors (Lipinski definition) is 6. The second-order valence-corrected chi connectivity index (χ2v) is 7.45. The lowest BCUT2D eigenvalue weighted by Gasteiger charge is -2.20. The molecule has 0 fully saturated rings. The largest absolute Gasteiger partial charge is 0.457 e. The van der Waals surface area contributed by atoms with Crippen molar-refractivity contribution in [2.75, 3.05) is 0 Å². The highest BCUT2D eigenvalue weighted by Crippen LogP contribution is 2.06. The van der Waals surface area contributed by atoms with E-state index < -0.39 is 30.2 Å². The molecule has 3 aromatic carbocycles. The minimum atomic E-state index is -1.89. The second-order valence-electron chi connectivity index (χ2n) is 7.45. The Morgan fingerprint density at radius 1 is 0.676 bits per heavy atom. The van der Waals surface area contributed by atoms with Gasteiger partial charge >= 0.3 is 12.1 Å². The van der Waals surface area contributed by atoms with Crippen LogP contribution in [0.1, 0.15) is 16.7 Å². The van der Waals surface area contributed by atoms with Crippen LogP contribution in [0.4, 0.5) is 4.79 Å². The van der Waals surface area contributed by atoms with E-state index in [1.165, 1.54) is 0 Å². The molecule has 0 heterocycles. The minimum Gasteiger partial charge on any atom is -0.457 e. The van der Waals surface area contributed by atoms with E-state index in [1.807, 2.05) is 30.3 Å². The summed E-state index contributed by atoms with van der Waals surface area (Å²) in [5, 5.41) is 14.8. The highest BCUT2D eigenvalue weighted by Gasteiger charge is 2.27. The first-order chi connectivity index (χ1) is 16.5. The molecule has 0 radical (unpaired) electrons. The van der Waals surface area contributed by atoms with Crippen LogP contribution in [0.3, 0.4) is 0 Å². The number of rotatable bonds is 10. The lowest BCUT2D eigenvalue weighted by Crippen LogP contribution is -2.52. The van der Waals surface area contributed by atoms with Crippen molar-refractivity contribution in [1.29, 1.82) is 0 Å². The molecule has 0 aliphatic carbocycles. The number of carbonyl (C=O) groups is 3. The van der Waals surface area contributed by atoms with Gasteiger partial charge in [-0.2, -0.15) is 0 Å². The van der Waals surface area contributed by atoms with Gasteiger partial charge in [0, 0.05) is 6.42 Å². The number of nitrogens with one attached hydrogen (secondary N) is 2. The van der Waals surface area contributed by atoms with Crippen LogP contribution in [0.5, 0.6) is 0 Å². The first kappa shape index (κ1) is 24.5. The zero-order valence-corrected chi connectivity index (χ0v) is 18.4. The van der Waals surface area contributed by atoms with Gasteiger partial charge in [0.25, 0.3) is 0 Å². The highest BCUT2D eigenvalue weighted by molar-refractivity contribution is 5.89. The van der Waals surface area contributed by atoms with Crippen LogP contribution in [-0.2, 0) is 38.7 Å². The lowest BCUT2D eigenvalue weighted by molar-refractivity contribution is -0.159. The molecule has 0 saturated heterocycles. The molecular weight excluding hydrogens is 436 g/mol. The summed E-state index contributed by atoms with van der Waals surface area (Å²) in [5.74, 6) is -1.77. The standard InChI is InChI=1S/C26H26N2O6/c29-23(28-24(30)25(31)33-17-20-12-6-2-7-13-20)22(16-19-10-4-1-5-11-19)27-26(32)34-18-21-14-8-3-9-15-21/h1-15,22,24,30H,16-18H2,(H,27,32)(H,28,29)/t22-,24?/m0/s1. The van der Waals surface area contributed by atoms with Crippen molar-refractivity contribution in [3.63, 3.8) is 0 Å². The molecule has 0 spiro atoms. The van der Waals surface area contributed by atoms with Gasteiger partial charge in [0.05, 0.1) is 0 Å². The van der Waals surface area contributed by atoms with Crippen LogP contribution in [0.15, 0.2) is 91.0 Å². The summed E-state index contributed by atoms with van der Waals surface area (Å²) in [7, 11) is 0. The molecule has 0 bridgehead atoms. The van der Waals surface area contributed by atoms with E-state index in [1.54, 1.807) is 60.7 Å². The van der Waals surface area contributed by atoms with E-state index in [-0.39, 0.29) is 19.6 Å². The third-order valence-electron chi connectivity index (χ3n) is 4.83. The van der Waals surface area contributed by atoms with Crippen molar-refractivity contribution in [3.8, 4) is 0 Å². The van der Waals surface area contributed by atoms with E-state index in [0.29, 0.717) is 0 Å². The van der Waals surface area contributed by atoms with Crippen molar-refractivity contribution in [1.82, 2.24) is 10.6 Å². The van der Waals surface area contributed by atoms with Crippen LogP contribution in [0.2, 0.25) is 0 Å². The summed E-state index contributed by atoms with van der Waals surface area (Å²) >= 11 is 0. The Kier molecular flexibility index (Phi) is 9.19. The molecule has 3 aromatic rings. The maximum Gasteiger partial charge on any atom is 0.408 e. The molecule has 0 aliphatic heterocycles. The average molecular weight is 463 g/mol. The zero-order chi connectivity index (χ0) is 24.2. The predicted molar refractivity (Wildman–Crippen MR) is 124 cm³/mol. The Balaban J connectivity index is 1.57. The molecule has 2 atom stereocenters. The molecule has 8 heteroatoms. The number of hydrogen-bond donors (Lipinski definition) is 3. The molecule has 1 unspecified atom stereocenters. The van der Waals surface area contributed by atoms with E-state index in [9.17, 15) is 19.5 Å². The topological polar surface area (TPSA) is 114 Å². The Hall–Kier alpha value is -4.17. The van der Waals surface area contributed by atoms with Gasteiger partial charge in [-0.25, -0.2) is 9.59 Å². The van der Waals surface area contributed by atoms with Crippen molar-refractivity contribution in [3.05, 3.63) is 108 Å². The predicted octanol–water partition coefficient (Wildman–Crippen LogP) is 2.70. The summed E-state index contributed by atoms with van der Waals surface area (Å²) < 4.78 is 10.2. The Morgan fingerprint density at radius 2 is 1.15 bits per heavy atom. The monoisotopic (exact) mass is 462 g/mol. The summed E-state index contributed by atoms with van der Waals surface area (Å²) in [5.41, 5.74) is 2.30. The van der Waals surface area contributed by atoms with Crippen LogP contribution in [-0.4, -0.2) is 35.3 Å². The fraction of sp³-hybridized carbons (Fsp3) is 0.192. The summed E-state index contributed by atoms with van der Waals surface area (Å²) in [6.45, 7) is -0.0229. The fourth-order valence-corrected chi connectivity index (χ4v) is 3.07. The van der Waals surface area contributed by atoms with E-state index >= 15 is 0 Å². The number of amides is 2. The molecule has 0 aliphatic rings. The van der Waals surface area contributed by atoms with Crippen LogP contribution in [0.25, 0.3) is 0 Å². The van der Waals surface area contributed by atoms with E-state index in [0.717, 1.165) is 16.7 Å². The maximum absolute atomic E-state index is 12.8. The third kappa shape index (κ3) is 8.07. The lowest BCUT2D eigenvalue weighted by atomic mass is 10.1. The molecule has 0 saturated carbocycles. The fourth-order valence-electron chi connectivity index (χ4n) is 3.07. The van der Waals surface area contributed by atoms with Crippen LogP contribution in [0, 0.1) is 0 Å². The Bertz CT molecular complexity index is 1060. The third-order valence-corrected chi connectivity index (χ3v) is 4.83. The van der Waals surface area contributed by atoms with Gasteiger partial charge < -0.3 is 25.2 Å². The van der Waals surface area contributed by atoms with Gasteiger partial charge in [-0.1, -0.05) is 91.0 Å². The average Bonchev–Trinajstić information content (AvgIpc) is 2.87. The molecule has 3 rings (SSSR count). The number of alkyl carbamates (subject to hydrolysis) is 1. The molecule has 3 N–H and O–H groups in total. The first-order valence-corrected chi connectivity index (χ1v) is 10.7. The number of aliphatic hydroxyl groups excluding tert-OH is 1. The summed E-state index contributed by atoms with van der Waals surface area (Å²) in [6, 6.07) is 25.9. The Morgan fingerprint density at radius 3 is 1.68 bits per heavy atom. The Labute approximate surface area is 197 Å². The van der Waals surface area contributed by atoms with Crippen molar-refractivity contribution < 1.29 is 29.0 Å². The number of benzene rings is 3. The zero-order valence-electron chi connectivity index (χ0n) is 18.4. The minimum absolute atomic E-state index is 0.0286. The summed E-state index contributed by atoms with van der Waals surface area (Å²) in [6.07, 6.45) is -2.57. The molecule has 0 aromatic heterocycles. The van der Waals surface area contributed by atoms with Gasteiger partial charge in [0.15, 0.2) is 0 Å². The van der Waals surface area contributed by atoms with Gasteiger partial charge in [-0.3, -0.25) is 4.79 Å². The molecule has 176 valence electrons. The molecule has 8 nitrogen and oxygen atoms in total. The van der Waals surface area contributed by atoms with Gasteiger partial charge in [-0.15, -0.1) is 0 Å². The van der Waals surface area contributed by atoms with Crippen LogP contribution < -0.4 is 10.6 Å². The highest BCUT2D eigenvalue weighted by atomic mass is 16.6. The number of ether oxygens (including phenoxy) is 2. The quantitative estimate of drug-likeness (QED) is 0.315. The SMILES string of the molecule is O=C(N[C@@H](Cc1ccccc1)C(=O)NC(O)C(=O)OCc1ccccc1)OCc1ccccc1. The first-order valence-electron chi connectivity index (χ1n) is 10.7. The normalized spacial score (nSPS) is 12.1. The van der Waals surface area contributed by atoms with Crippen molar-refractivity contribution >= 4 is 18.0 Å². The molecular formula is C26H26N2O6. The summed E-state index contributed by atoms with van der Waals surface area (Å²) in [4.78, 5) is 37.2.